The van der Waals surface area contributed by atoms with Crippen LogP contribution in [0.3, 0.4) is 0 Å². The van der Waals surface area contributed by atoms with Crippen LogP contribution in [0.25, 0.3) is 0 Å². The van der Waals surface area contributed by atoms with Crippen LogP contribution in [0, 0.1) is 29.1 Å². The molecule has 19 heavy (non-hydrogen) atoms. The van der Waals surface area contributed by atoms with Gasteiger partial charge in [0.15, 0.2) is 0 Å². The molecule has 0 N–H and O–H groups in total. The molecule has 102 valence electrons. The van der Waals surface area contributed by atoms with Crippen LogP contribution >= 0.6 is 0 Å². The van der Waals surface area contributed by atoms with Crippen LogP contribution in [0.15, 0.2) is 12.0 Å². The topological polar surface area (TPSA) is 44.8 Å². The van der Waals surface area contributed by atoms with Crippen molar-refractivity contribution >= 4 is 5.97 Å². The minimum Gasteiger partial charge on any atom is -0.461 e. The van der Waals surface area contributed by atoms with Crippen molar-refractivity contribution in [1.29, 1.82) is 0 Å². The standard InChI is InChI=1S/C10H3F5O4/c11-4-5(12)7(14)9(8(15)6(4)13)19-10(16)3-1-17-2-18-3/h1H,2H2. The lowest BCUT2D eigenvalue weighted by Gasteiger charge is -2.08. The van der Waals surface area contributed by atoms with Crippen molar-refractivity contribution < 1.29 is 41.0 Å². The number of carbonyl (C=O) groups is 1. The molecular formula is C10H3F5O4. The minimum atomic E-state index is -2.35. The fourth-order valence-electron chi connectivity index (χ4n) is 1.17. The molecule has 1 aromatic rings. The highest BCUT2D eigenvalue weighted by atomic mass is 19.2. The van der Waals surface area contributed by atoms with Crippen LogP contribution in [-0.2, 0) is 14.3 Å². The third kappa shape index (κ3) is 2.18. The van der Waals surface area contributed by atoms with Gasteiger partial charge in [0.05, 0.1) is 0 Å². The van der Waals surface area contributed by atoms with Gasteiger partial charge in [-0.25, -0.2) is 18.0 Å². The predicted molar refractivity (Wildman–Crippen MR) is 47.0 cm³/mol. The van der Waals surface area contributed by atoms with Gasteiger partial charge in [-0.05, 0) is 0 Å². The first-order chi connectivity index (χ1) is 8.93. The Morgan fingerprint density at radius 3 is 2.00 bits per heavy atom. The van der Waals surface area contributed by atoms with Crippen LogP contribution in [0.5, 0.6) is 5.75 Å². The molecule has 0 atom stereocenters. The number of hydrogen-bond acceptors (Lipinski definition) is 4. The van der Waals surface area contributed by atoms with Crippen molar-refractivity contribution in [2.45, 2.75) is 0 Å². The number of rotatable bonds is 2. The molecule has 0 unspecified atom stereocenters. The van der Waals surface area contributed by atoms with E-state index in [0.29, 0.717) is 0 Å². The largest absolute Gasteiger partial charge is 0.461 e. The van der Waals surface area contributed by atoms with Crippen LogP contribution in [0.1, 0.15) is 0 Å². The van der Waals surface area contributed by atoms with E-state index in [1.807, 2.05) is 0 Å². The van der Waals surface area contributed by atoms with Gasteiger partial charge in [-0.2, -0.15) is 8.78 Å². The monoisotopic (exact) mass is 282 g/mol. The van der Waals surface area contributed by atoms with E-state index >= 15 is 0 Å². The van der Waals surface area contributed by atoms with Gasteiger partial charge in [0, 0.05) is 0 Å². The zero-order chi connectivity index (χ0) is 14.2. The molecule has 1 aliphatic heterocycles. The van der Waals surface area contributed by atoms with Crippen molar-refractivity contribution in [3.63, 3.8) is 0 Å². The second kappa shape index (κ2) is 4.75. The summed E-state index contributed by atoms with van der Waals surface area (Å²) in [7, 11) is 0. The summed E-state index contributed by atoms with van der Waals surface area (Å²) in [4.78, 5) is 11.3. The predicted octanol–water partition coefficient (Wildman–Crippen LogP) is 2.13. The number of ether oxygens (including phenoxy) is 3. The summed E-state index contributed by atoms with van der Waals surface area (Å²) in [6, 6.07) is 0. The molecular weight excluding hydrogens is 279 g/mol. The number of benzene rings is 1. The highest BCUT2D eigenvalue weighted by molar-refractivity contribution is 5.88. The lowest BCUT2D eigenvalue weighted by Crippen LogP contribution is -2.15. The normalized spacial score (nSPS) is 13.6. The Bertz CT molecular complexity index is 555. The maximum atomic E-state index is 13.2. The molecule has 9 heteroatoms. The van der Waals surface area contributed by atoms with E-state index < -0.39 is 46.6 Å². The Morgan fingerprint density at radius 2 is 1.53 bits per heavy atom. The average Bonchev–Trinajstić information content (AvgIpc) is 2.93. The molecule has 0 aliphatic carbocycles. The average molecular weight is 282 g/mol. The van der Waals surface area contributed by atoms with E-state index in [1.165, 1.54) is 0 Å². The van der Waals surface area contributed by atoms with Gasteiger partial charge in [0.25, 0.3) is 0 Å². The molecule has 0 amide bonds. The second-order valence-corrected chi connectivity index (χ2v) is 3.20. The summed E-state index contributed by atoms with van der Waals surface area (Å²) in [5, 5.41) is 0. The van der Waals surface area contributed by atoms with Crippen molar-refractivity contribution in [2.24, 2.45) is 0 Å². The molecule has 0 fully saturated rings. The number of esters is 1. The molecule has 0 radical (unpaired) electrons. The third-order valence-corrected chi connectivity index (χ3v) is 2.04. The lowest BCUT2D eigenvalue weighted by atomic mass is 10.2. The summed E-state index contributed by atoms with van der Waals surface area (Å²) in [6.45, 7) is -0.332. The fraction of sp³-hybridized carbons (Fsp3) is 0.100. The van der Waals surface area contributed by atoms with Gasteiger partial charge in [0.1, 0.15) is 6.26 Å². The molecule has 1 aliphatic rings. The van der Waals surface area contributed by atoms with Gasteiger partial charge >= 0.3 is 5.97 Å². The van der Waals surface area contributed by atoms with E-state index in [2.05, 4.69) is 14.2 Å². The molecule has 2 rings (SSSR count). The quantitative estimate of drug-likeness (QED) is 0.274. The SMILES string of the molecule is O=C(Oc1c(F)c(F)c(F)c(F)c1F)C1=COCO1. The molecule has 1 heterocycles. The molecule has 0 saturated carbocycles. The number of hydrogen-bond donors (Lipinski definition) is 0. The second-order valence-electron chi connectivity index (χ2n) is 3.20. The Labute approximate surface area is 102 Å². The molecule has 1 aromatic carbocycles. The highest BCUT2D eigenvalue weighted by Crippen LogP contribution is 2.29. The maximum Gasteiger partial charge on any atom is 0.382 e. The summed E-state index contributed by atoms with van der Waals surface area (Å²) in [6.07, 6.45) is 0.772. The number of halogens is 5. The van der Waals surface area contributed by atoms with Crippen LogP contribution in [0.4, 0.5) is 22.0 Å². The maximum absolute atomic E-state index is 13.2. The van der Waals surface area contributed by atoms with E-state index in [-0.39, 0.29) is 6.79 Å². The van der Waals surface area contributed by atoms with Gasteiger partial charge in [-0.15, -0.1) is 0 Å². The Hall–Kier alpha value is -2.32. The highest BCUT2D eigenvalue weighted by Gasteiger charge is 2.30. The molecule has 0 spiro atoms. The molecule has 0 saturated heterocycles. The Balaban J connectivity index is 2.38. The lowest BCUT2D eigenvalue weighted by molar-refractivity contribution is -0.134. The van der Waals surface area contributed by atoms with Gasteiger partial charge < -0.3 is 14.2 Å². The van der Waals surface area contributed by atoms with E-state index in [4.69, 9.17) is 0 Å². The first-order valence-corrected chi connectivity index (χ1v) is 4.61. The van der Waals surface area contributed by atoms with Crippen molar-refractivity contribution in [2.75, 3.05) is 6.79 Å². The van der Waals surface area contributed by atoms with Crippen molar-refractivity contribution in [1.82, 2.24) is 0 Å². The van der Waals surface area contributed by atoms with Crippen LogP contribution < -0.4 is 4.74 Å². The van der Waals surface area contributed by atoms with E-state index in [0.717, 1.165) is 6.26 Å². The molecule has 4 nitrogen and oxygen atoms in total. The van der Waals surface area contributed by atoms with E-state index in [9.17, 15) is 26.7 Å². The Morgan fingerprint density at radius 1 is 1.00 bits per heavy atom. The van der Waals surface area contributed by atoms with Gasteiger partial charge in [0.2, 0.25) is 47.4 Å². The van der Waals surface area contributed by atoms with E-state index in [1.54, 1.807) is 0 Å². The fourth-order valence-corrected chi connectivity index (χ4v) is 1.17. The number of carbonyl (C=O) groups excluding carboxylic acids is 1. The zero-order valence-electron chi connectivity index (χ0n) is 8.81. The first kappa shape index (κ1) is 13.1. The molecule has 0 bridgehead atoms. The summed E-state index contributed by atoms with van der Waals surface area (Å²) in [5.74, 6) is -15.1. The van der Waals surface area contributed by atoms with Crippen LogP contribution in [0.2, 0.25) is 0 Å². The van der Waals surface area contributed by atoms with Crippen LogP contribution in [-0.4, -0.2) is 12.8 Å². The van der Waals surface area contributed by atoms with Gasteiger partial charge in [-0.1, -0.05) is 0 Å². The summed E-state index contributed by atoms with van der Waals surface area (Å²) in [5.41, 5.74) is 0. The zero-order valence-corrected chi connectivity index (χ0v) is 8.81. The smallest absolute Gasteiger partial charge is 0.382 e. The van der Waals surface area contributed by atoms with Crippen molar-refractivity contribution in [3.05, 3.63) is 41.1 Å². The summed E-state index contributed by atoms with van der Waals surface area (Å²) < 4.78 is 77.7. The van der Waals surface area contributed by atoms with Crippen molar-refractivity contribution in [3.8, 4) is 5.75 Å². The Kier molecular flexibility index (Phi) is 3.28. The molecule has 0 aromatic heterocycles. The summed E-state index contributed by atoms with van der Waals surface area (Å²) >= 11 is 0. The first-order valence-electron chi connectivity index (χ1n) is 4.61. The third-order valence-electron chi connectivity index (χ3n) is 2.04. The minimum absolute atomic E-state index is 0.332. The van der Waals surface area contributed by atoms with Gasteiger partial charge in [-0.3, -0.25) is 0 Å².